The first kappa shape index (κ1) is 19.2. The van der Waals surface area contributed by atoms with E-state index in [2.05, 4.69) is 11.4 Å². The largest absolute Gasteiger partial charge is 0.469 e. The Labute approximate surface area is 170 Å². The molecule has 2 aliphatic rings. The van der Waals surface area contributed by atoms with Crippen LogP contribution in [0.4, 0.5) is 5.00 Å². The zero-order valence-electron chi connectivity index (χ0n) is 16.4. The van der Waals surface area contributed by atoms with E-state index in [-0.39, 0.29) is 18.3 Å². The topological polar surface area (TPSA) is 55.4 Å². The van der Waals surface area contributed by atoms with Crippen LogP contribution in [0.2, 0.25) is 0 Å². The van der Waals surface area contributed by atoms with Crippen molar-refractivity contribution >= 4 is 28.2 Å². The van der Waals surface area contributed by atoms with E-state index in [1.807, 2.05) is 24.3 Å². The zero-order chi connectivity index (χ0) is 19.6. The van der Waals surface area contributed by atoms with Crippen molar-refractivity contribution in [1.29, 1.82) is 0 Å². The number of benzene rings is 1. The van der Waals surface area contributed by atoms with Crippen LogP contribution in [0, 0.1) is 5.41 Å². The molecule has 1 heterocycles. The van der Waals surface area contributed by atoms with Crippen LogP contribution in [0.5, 0.6) is 0 Å². The molecule has 148 valence electrons. The molecule has 1 amide bonds. The molecule has 4 nitrogen and oxygen atoms in total. The highest BCUT2D eigenvalue weighted by atomic mass is 32.1. The van der Waals surface area contributed by atoms with Crippen molar-refractivity contribution in [2.45, 2.75) is 57.8 Å². The second-order valence-electron chi connectivity index (χ2n) is 8.09. The molecule has 0 saturated carbocycles. The minimum atomic E-state index is -0.797. The van der Waals surface area contributed by atoms with Crippen molar-refractivity contribution in [3.8, 4) is 0 Å². The van der Waals surface area contributed by atoms with Crippen molar-refractivity contribution in [1.82, 2.24) is 0 Å². The van der Waals surface area contributed by atoms with Crippen LogP contribution >= 0.6 is 11.3 Å². The number of aryl methyl sites for hydroxylation is 2. The van der Waals surface area contributed by atoms with E-state index in [0.717, 1.165) is 29.0 Å². The SMILES string of the molecule is COC(=O)C1(CC(=O)Nc2cc3c(s2)CCCCCC3)Cc2ccccc2C1. The molecule has 4 rings (SSSR count). The molecule has 0 radical (unpaired) electrons. The number of carbonyl (C=O) groups excluding carboxylic acids is 2. The fourth-order valence-corrected chi connectivity index (χ4v) is 5.82. The highest BCUT2D eigenvalue weighted by molar-refractivity contribution is 7.16. The minimum Gasteiger partial charge on any atom is -0.469 e. The molecule has 0 saturated heterocycles. The maximum atomic E-state index is 12.9. The van der Waals surface area contributed by atoms with Gasteiger partial charge in [0, 0.05) is 11.3 Å². The second-order valence-corrected chi connectivity index (χ2v) is 9.23. The summed E-state index contributed by atoms with van der Waals surface area (Å²) in [6, 6.07) is 10.2. The number of thiophene rings is 1. The molecular formula is C23H27NO3S. The molecule has 0 fully saturated rings. The summed E-state index contributed by atoms with van der Waals surface area (Å²) in [5, 5.41) is 3.98. The van der Waals surface area contributed by atoms with Crippen LogP contribution < -0.4 is 5.32 Å². The summed E-state index contributed by atoms with van der Waals surface area (Å²) in [5.74, 6) is -0.398. The van der Waals surface area contributed by atoms with E-state index in [0.29, 0.717) is 12.8 Å². The van der Waals surface area contributed by atoms with Crippen LogP contribution in [0.15, 0.2) is 30.3 Å². The van der Waals surface area contributed by atoms with Gasteiger partial charge in [-0.3, -0.25) is 9.59 Å². The van der Waals surface area contributed by atoms with E-state index in [9.17, 15) is 9.59 Å². The van der Waals surface area contributed by atoms with Gasteiger partial charge < -0.3 is 10.1 Å². The van der Waals surface area contributed by atoms with Gasteiger partial charge in [-0.1, -0.05) is 37.1 Å². The summed E-state index contributed by atoms with van der Waals surface area (Å²) in [6.07, 6.45) is 8.51. The molecule has 0 atom stereocenters. The molecule has 1 aromatic carbocycles. The molecular weight excluding hydrogens is 370 g/mol. The Morgan fingerprint density at radius 3 is 2.39 bits per heavy atom. The van der Waals surface area contributed by atoms with Crippen LogP contribution in [0.3, 0.4) is 0 Å². The fourth-order valence-electron chi connectivity index (χ4n) is 4.65. The first-order chi connectivity index (χ1) is 13.6. The van der Waals surface area contributed by atoms with Gasteiger partial charge in [0.25, 0.3) is 0 Å². The third-order valence-electron chi connectivity index (χ3n) is 6.05. The predicted octanol–water partition coefficient (Wildman–Crippen LogP) is 4.69. The molecule has 0 aliphatic heterocycles. The van der Waals surface area contributed by atoms with Crippen LogP contribution in [0.1, 0.15) is 53.7 Å². The molecule has 2 aromatic rings. The van der Waals surface area contributed by atoms with Gasteiger partial charge in [-0.05, 0) is 61.3 Å². The van der Waals surface area contributed by atoms with Gasteiger partial charge in [0.15, 0.2) is 0 Å². The Morgan fingerprint density at radius 1 is 1.04 bits per heavy atom. The molecule has 0 bridgehead atoms. The summed E-state index contributed by atoms with van der Waals surface area (Å²) < 4.78 is 5.10. The van der Waals surface area contributed by atoms with Gasteiger partial charge in [-0.25, -0.2) is 0 Å². The van der Waals surface area contributed by atoms with Gasteiger partial charge >= 0.3 is 5.97 Å². The van der Waals surface area contributed by atoms with Gasteiger partial charge in [-0.15, -0.1) is 11.3 Å². The normalized spacial score (nSPS) is 17.8. The maximum absolute atomic E-state index is 12.9. The third kappa shape index (κ3) is 3.86. The average molecular weight is 398 g/mol. The molecule has 2 aliphatic carbocycles. The summed E-state index contributed by atoms with van der Waals surface area (Å²) in [7, 11) is 1.41. The second kappa shape index (κ2) is 8.08. The van der Waals surface area contributed by atoms with Crippen LogP contribution in [-0.4, -0.2) is 19.0 Å². The number of nitrogens with one attached hydrogen (secondary N) is 1. The van der Waals surface area contributed by atoms with E-state index in [1.54, 1.807) is 11.3 Å². The molecule has 1 aromatic heterocycles. The van der Waals surface area contributed by atoms with Crippen molar-refractivity contribution < 1.29 is 14.3 Å². The Bertz CT molecular complexity index is 835. The van der Waals surface area contributed by atoms with E-state index < -0.39 is 5.41 Å². The lowest BCUT2D eigenvalue weighted by Crippen LogP contribution is -2.37. The number of ether oxygens (including phenoxy) is 1. The molecule has 1 N–H and O–H groups in total. The van der Waals surface area contributed by atoms with Crippen molar-refractivity contribution in [3.05, 3.63) is 51.9 Å². The standard InChI is InChI=1S/C23H27NO3S/c1-27-22(26)23(13-17-9-6-7-10-18(17)14-23)15-20(25)24-21-12-16-8-4-2-3-5-11-19(16)28-21/h6-7,9-10,12H,2-5,8,11,13-15H2,1H3,(H,24,25). The monoisotopic (exact) mass is 397 g/mol. The van der Waals surface area contributed by atoms with Gasteiger partial charge in [-0.2, -0.15) is 0 Å². The zero-order valence-corrected chi connectivity index (χ0v) is 17.2. The predicted molar refractivity (Wildman–Crippen MR) is 112 cm³/mol. The highest BCUT2D eigenvalue weighted by Gasteiger charge is 2.46. The van der Waals surface area contributed by atoms with Crippen LogP contribution in [-0.2, 0) is 40.0 Å². The number of carbonyl (C=O) groups is 2. The molecule has 0 unspecified atom stereocenters. The maximum Gasteiger partial charge on any atom is 0.313 e. The molecule has 0 spiro atoms. The van der Waals surface area contributed by atoms with Gasteiger partial charge in [0.05, 0.1) is 17.5 Å². The van der Waals surface area contributed by atoms with Crippen molar-refractivity contribution in [2.24, 2.45) is 5.41 Å². The quantitative estimate of drug-likeness (QED) is 0.761. The molecule has 28 heavy (non-hydrogen) atoms. The summed E-state index contributed by atoms with van der Waals surface area (Å²) in [6.45, 7) is 0. The Morgan fingerprint density at radius 2 is 1.71 bits per heavy atom. The first-order valence-corrected chi connectivity index (χ1v) is 11.0. The lowest BCUT2D eigenvalue weighted by Gasteiger charge is -2.25. The number of methoxy groups -OCH3 is 1. The average Bonchev–Trinajstić information content (AvgIpc) is 3.21. The summed E-state index contributed by atoms with van der Waals surface area (Å²) in [5.41, 5.74) is 2.87. The summed E-state index contributed by atoms with van der Waals surface area (Å²) >= 11 is 1.70. The Balaban J connectivity index is 1.49. The number of anilines is 1. The Kier molecular flexibility index (Phi) is 5.54. The Hall–Kier alpha value is -2.14. The lowest BCUT2D eigenvalue weighted by atomic mass is 9.81. The summed E-state index contributed by atoms with van der Waals surface area (Å²) in [4.78, 5) is 26.9. The number of amides is 1. The van der Waals surface area contributed by atoms with Crippen molar-refractivity contribution in [2.75, 3.05) is 12.4 Å². The lowest BCUT2D eigenvalue weighted by molar-refractivity contribution is -0.154. The van der Waals surface area contributed by atoms with Gasteiger partial charge in [0.1, 0.15) is 0 Å². The number of fused-ring (bicyclic) bond motifs is 2. The number of hydrogen-bond donors (Lipinski definition) is 1. The van der Waals surface area contributed by atoms with E-state index in [1.165, 1.54) is 43.2 Å². The first-order valence-electron chi connectivity index (χ1n) is 10.2. The van der Waals surface area contributed by atoms with E-state index in [4.69, 9.17) is 4.74 Å². The third-order valence-corrected chi connectivity index (χ3v) is 7.21. The number of hydrogen-bond acceptors (Lipinski definition) is 4. The molecule has 5 heteroatoms. The fraction of sp³-hybridized carbons (Fsp3) is 0.478. The van der Waals surface area contributed by atoms with Crippen LogP contribution in [0.25, 0.3) is 0 Å². The smallest absolute Gasteiger partial charge is 0.313 e. The van der Waals surface area contributed by atoms with E-state index >= 15 is 0 Å². The minimum absolute atomic E-state index is 0.104. The number of esters is 1. The van der Waals surface area contributed by atoms with Crippen molar-refractivity contribution in [3.63, 3.8) is 0 Å². The number of rotatable bonds is 4. The highest BCUT2D eigenvalue weighted by Crippen LogP contribution is 2.41. The van der Waals surface area contributed by atoms with Gasteiger partial charge in [0.2, 0.25) is 5.91 Å².